The molecule has 0 aromatic carbocycles. The third-order valence-corrected chi connectivity index (χ3v) is 3.33. The number of nitrogens with two attached hydrogens (primary N) is 1. The number of carbonyl (C=O) groups excluding carboxylic acids is 2. The second-order valence-corrected chi connectivity index (χ2v) is 4.62. The number of hydrogen-bond donors (Lipinski definition) is 2. The van der Waals surface area contributed by atoms with Crippen LogP contribution in [0.1, 0.15) is 40.1 Å². The summed E-state index contributed by atoms with van der Waals surface area (Å²) < 4.78 is 0. The molecular weight excluding hydrogens is 262 g/mol. The number of amides is 2. The molecule has 0 saturated carbocycles. The zero-order chi connectivity index (χ0) is 14.7. The number of hydrogen-bond acceptors (Lipinski definition) is 4. The molecule has 1 unspecified atom stereocenters. The molecule has 0 bridgehead atoms. The lowest BCUT2D eigenvalue weighted by Crippen LogP contribution is -2.50. The maximum atomic E-state index is 12.4. The van der Waals surface area contributed by atoms with E-state index < -0.39 is 23.8 Å². The normalized spacial score (nSPS) is 18.6. The number of aromatic carboxylic acids is 1. The first-order valence-electron chi connectivity index (χ1n) is 6.31. The third-order valence-electron chi connectivity index (χ3n) is 3.33. The molecule has 2 rings (SSSR count). The van der Waals surface area contributed by atoms with Gasteiger partial charge in [-0.25, -0.2) is 4.79 Å². The molecule has 1 aromatic rings. The molecule has 1 aliphatic heterocycles. The van der Waals surface area contributed by atoms with Crippen LogP contribution in [0.4, 0.5) is 0 Å². The van der Waals surface area contributed by atoms with Gasteiger partial charge >= 0.3 is 5.97 Å². The second-order valence-electron chi connectivity index (χ2n) is 4.62. The average molecular weight is 277 g/mol. The third kappa shape index (κ3) is 2.61. The number of piperidine rings is 1. The quantitative estimate of drug-likeness (QED) is 0.822. The van der Waals surface area contributed by atoms with Crippen molar-refractivity contribution in [2.45, 2.75) is 25.3 Å². The Labute approximate surface area is 115 Å². The second kappa shape index (κ2) is 5.68. The molecule has 106 valence electrons. The summed E-state index contributed by atoms with van der Waals surface area (Å²) in [4.78, 5) is 40.1. The summed E-state index contributed by atoms with van der Waals surface area (Å²) in [5, 5.41) is 9.09. The fourth-order valence-electron chi connectivity index (χ4n) is 2.35. The first-order chi connectivity index (χ1) is 9.52. The number of pyridine rings is 1. The number of carboxylic acid groups (broad SMARTS) is 1. The van der Waals surface area contributed by atoms with E-state index in [0.29, 0.717) is 13.0 Å². The van der Waals surface area contributed by atoms with Crippen LogP contribution in [-0.4, -0.2) is 45.4 Å². The van der Waals surface area contributed by atoms with Gasteiger partial charge in [0.2, 0.25) is 5.91 Å². The number of nitrogens with zero attached hydrogens (tertiary/aromatic N) is 2. The van der Waals surface area contributed by atoms with E-state index in [4.69, 9.17) is 10.8 Å². The van der Waals surface area contributed by atoms with E-state index in [0.717, 1.165) is 12.8 Å². The van der Waals surface area contributed by atoms with Crippen molar-refractivity contribution in [1.29, 1.82) is 0 Å². The average Bonchev–Trinajstić information content (AvgIpc) is 2.46. The number of aromatic nitrogens is 1. The topological polar surface area (TPSA) is 114 Å². The van der Waals surface area contributed by atoms with Crippen LogP contribution in [0.15, 0.2) is 18.3 Å². The lowest BCUT2D eigenvalue weighted by molar-refractivity contribution is -0.123. The van der Waals surface area contributed by atoms with E-state index >= 15 is 0 Å². The molecule has 2 heterocycles. The molecule has 0 spiro atoms. The monoisotopic (exact) mass is 277 g/mol. The van der Waals surface area contributed by atoms with Crippen LogP contribution >= 0.6 is 0 Å². The van der Waals surface area contributed by atoms with Crippen molar-refractivity contribution >= 4 is 17.8 Å². The van der Waals surface area contributed by atoms with Gasteiger partial charge in [0.25, 0.3) is 5.91 Å². The van der Waals surface area contributed by atoms with Crippen LogP contribution < -0.4 is 5.73 Å². The number of carboxylic acids is 1. The molecule has 1 saturated heterocycles. The van der Waals surface area contributed by atoms with Crippen molar-refractivity contribution in [3.05, 3.63) is 29.6 Å². The van der Waals surface area contributed by atoms with Gasteiger partial charge in [-0.1, -0.05) is 0 Å². The van der Waals surface area contributed by atoms with Crippen molar-refractivity contribution in [2.24, 2.45) is 5.73 Å². The molecule has 20 heavy (non-hydrogen) atoms. The summed E-state index contributed by atoms with van der Waals surface area (Å²) in [6, 6.07) is 2.06. The van der Waals surface area contributed by atoms with E-state index in [9.17, 15) is 14.4 Å². The van der Waals surface area contributed by atoms with Gasteiger partial charge in [0.1, 0.15) is 11.7 Å². The van der Waals surface area contributed by atoms with Gasteiger partial charge in [0.05, 0.1) is 5.56 Å². The lowest BCUT2D eigenvalue weighted by Gasteiger charge is -2.33. The van der Waals surface area contributed by atoms with Gasteiger partial charge in [-0.15, -0.1) is 0 Å². The zero-order valence-electron chi connectivity index (χ0n) is 10.8. The Hall–Kier alpha value is -2.44. The first-order valence-corrected chi connectivity index (χ1v) is 6.31. The van der Waals surface area contributed by atoms with Crippen LogP contribution in [0.3, 0.4) is 0 Å². The molecule has 1 fully saturated rings. The van der Waals surface area contributed by atoms with E-state index in [2.05, 4.69) is 4.98 Å². The van der Waals surface area contributed by atoms with Crippen LogP contribution in [0.25, 0.3) is 0 Å². The minimum absolute atomic E-state index is 0.159. The Bertz CT molecular complexity index is 558. The van der Waals surface area contributed by atoms with Crippen molar-refractivity contribution in [1.82, 2.24) is 9.88 Å². The summed E-state index contributed by atoms with van der Waals surface area (Å²) in [6.07, 6.45) is 3.41. The predicted octanol–water partition coefficient (Wildman–Crippen LogP) is 0.260. The van der Waals surface area contributed by atoms with Crippen LogP contribution in [0, 0.1) is 0 Å². The maximum Gasteiger partial charge on any atom is 0.338 e. The van der Waals surface area contributed by atoms with E-state index in [1.807, 2.05) is 0 Å². The highest BCUT2D eigenvalue weighted by Crippen LogP contribution is 2.20. The van der Waals surface area contributed by atoms with Gasteiger partial charge in [-0.3, -0.25) is 14.6 Å². The number of primary amides is 1. The van der Waals surface area contributed by atoms with Crippen molar-refractivity contribution < 1.29 is 19.5 Å². The predicted molar refractivity (Wildman–Crippen MR) is 69.1 cm³/mol. The Kier molecular flexibility index (Phi) is 3.97. The molecule has 1 aliphatic rings. The fourth-order valence-corrected chi connectivity index (χ4v) is 2.35. The van der Waals surface area contributed by atoms with Crippen molar-refractivity contribution in [2.75, 3.05) is 6.54 Å². The van der Waals surface area contributed by atoms with Gasteiger partial charge < -0.3 is 15.7 Å². The number of rotatable bonds is 3. The van der Waals surface area contributed by atoms with Gasteiger partial charge in [0, 0.05) is 12.7 Å². The molecule has 3 N–H and O–H groups in total. The highest BCUT2D eigenvalue weighted by Gasteiger charge is 2.33. The molecule has 1 atom stereocenters. The van der Waals surface area contributed by atoms with Crippen LogP contribution in [0.2, 0.25) is 0 Å². The van der Waals surface area contributed by atoms with Crippen molar-refractivity contribution in [3.8, 4) is 0 Å². The minimum Gasteiger partial charge on any atom is -0.478 e. The summed E-state index contributed by atoms with van der Waals surface area (Å²) >= 11 is 0. The number of likely N-dealkylation sites (tertiary alicyclic amines) is 1. The largest absolute Gasteiger partial charge is 0.478 e. The standard InChI is InChI=1S/C13H15N3O4/c14-11(17)9-5-1-2-7-16(9)12(18)10-8(13(19)20)4-3-6-15-10/h3-4,6,9H,1-2,5,7H2,(H2,14,17)(H,19,20). The highest BCUT2D eigenvalue weighted by atomic mass is 16.4. The van der Waals surface area contributed by atoms with Gasteiger partial charge in [-0.05, 0) is 31.4 Å². The lowest BCUT2D eigenvalue weighted by atomic mass is 10.0. The SMILES string of the molecule is NC(=O)C1CCCCN1C(=O)c1ncccc1C(=O)O. The number of carbonyl (C=O) groups is 3. The summed E-state index contributed by atoms with van der Waals surface area (Å²) in [5.74, 6) is -2.37. The maximum absolute atomic E-state index is 12.4. The van der Waals surface area contributed by atoms with E-state index in [-0.39, 0.29) is 11.3 Å². The first kappa shape index (κ1) is 14.0. The summed E-state index contributed by atoms with van der Waals surface area (Å²) in [5.41, 5.74) is 4.97. The van der Waals surface area contributed by atoms with Gasteiger partial charge in [0.15, 0.2) is 0 Å². The molecule has 7 heteroatoms. The minimum atomic E-state index is -1.23. The van der Waals surface area contributed by atoms with Crippen LogP contribution in [0.5, 0.6) is 0 Å². The molecule has 7 nitrogen and oxygen atoms in total. The molecule has 0 radical (unpaired) electrons. The molecule has 0 aliphatic carbocycles. The summed E-state index contributed by atoms with van der Waals surface area (Å²) in [6.45, 7) is 0.377. The molecular formula is C13H15N3O4. The zero-order valence-corrected chi connectivity index (χ0v) is 10.8. The van der Waals surface area contributed by atoms with E-state index in [1.165, 1.54) is 23.2 Å². The smallest absolute Gasteiger partial charge is 0.338 e. The summed E-state index contributed by atoms with van der Waals surface area (Å²) in [7, 11) is 0. The fraction of sp³-hybridized carbons (Fsp3) is 0.385. The highest BCUT2D eigenvalue weighted by molar-refractivity contribution is 6.04. The van der Waals surface area contributed by atoms with Crippen molar-refractivity contribution in [3.63, 3.8) is 0 Å². The Balaban J connectivity index is 2.35. The Morgan fingerprint density at radius 3 is 2.75 bits per heavy atom. The van der Waals surface area contributed by atoms with E-state index in [1.54, 1.807) is 0 Å². The molecule has 1 aromatic heterocycles. The Morgan fingerprint density at radius 2 is 2.10 bits per heavy atom. The van der Waals surface area contributed by atoms with Crippen LogP contribution in [-0.2, 0) is 4.79 Å². The Morgan fingerprint density at radius 1 is 1.35 bits per heavy atom. The molecule has 2 amide bonds. The van der Waals surface area contributed by atoms with Gasteiger partial charge in [-0.2, -0.15) is 0 Å².